The molecule has 1 fully saturated rings. The molecule has 0 bridgehead atoms. The average Bonchev–Trinajstić information content (AvgIpc) is 2.89. The Balaban J connectivity index is 1.73. The van der Waals surface area contributed by atoms with Crippen molar-refractivity contribution in [3.8, 4) is 0 Å². The summed E-state index contributed by atoms with van der Waals surface area (Å²) in [4.78, 5) is 25.9. The van der Waals surface area contributed by atoms with E-state index in [1.807, 2.05) is 36.4 Å². The van der Waals surface area contributed by atoms with Gasteiger partial charge in [-0.1, -0.05) is 42.5 Å². The van der Waals surface area contributed by atoms with Crippen LogP contribution in [-0.2, 0) is 16.0 Å². The summed E-state index contributed by atoms with van der Waals surface area (Å²) < 4.78 is 5.11. The fraction of sp³-hybridized carbons (Fsp3) is 0.412. The van der Waals surface area contributed by atoms with Crippen LogP contribution in [0.5, 0.6) is 0 Å². The van der Waals surface area contributed by atoms with Gasteiger partial charge in [0.15, 0.2) is 0 Å². The number of carbonyl (C=O) groups is 2. The molecule has 0 aromatic heterocycles. The van der Waals surface area contributed by atoms with Gasteiger partial charge < -0.3 is 4.74 Å². The number of cyclic esters (lactones) is 1. The van der Waals surface area contributed by atoms with E-state index < -0.39 is 6.09 Å². The first kappa shape index (κ1) is 13.9. The first-order valence-electron chi connectivity index (χ1n) is 7.44. The number of imide groups is 1. The lowest BCUT2D eigenvalue weighted by Crippen LogP contribution is -2.43. The Labute approximate surface area is 124 Å². The second-order valence-corrected chi connectivity index (χ2v) is 5.61. The maximum atomic E-state index is 12.6. The molecule has 1 aliphatic heterocycles. The Morgan fingerprint density at radius 1 is 1.24 bits per heavy atom. The van der Waals surface area contributed by atoms with Crippen molar-refractivity contribution in [1.82, 2.24) is 4.90 Å². The van der Waals surface area contributed by atoms with Crippen LogP contribution in [0.25, 0.3) is 0 Å². The number of rotatable bonds is 3. The van der Waals surface area contributed by atoms with E-state index in [2.05, 4.69) is 6.08 Å². The number of hydrogen-bond acceptors (Lipinski definition) is 3. The van der Waals surface area contributed by atoms with Crippen LogP contribution in [0.3, 0.4) is 0 Å². The molecule has 2 aliphatic rings. The lowest BCUT2D eigenvalue weighted by atomic mass is 9.92. The second kappa shape index (κ2) is 6.12. The maximum absolute atomic E-state index is 12.6. The molecular weight excluding hydrogens is 266 g/mol. The van der Waals surface area contributed by atoms with Gasteiger partial charge in [-0.2, -0.15) is 0 Å². The molecule has 110 valence electrons. The third kappa shape index (κ3) is 2.99. The minimum absolute atomic E-state index is 0.0808. The summed E-state index contributed by atoms with van der Waals surface area (Å²) in [5.74, 6) is -0.165. The summed E-state index contributed by atoms with van der Waals surface area (Å²) in [5.41, 5.74) is 1.11. The van der Waals surface area contributed by atoms with Gasteiger partial charge in [0.05, 0.1) is 6.04 Å². The summed E-state index contributed by atoms with van der Waals surface area (Å²) >= 11 is 0. The molecule has 1 aliphatic carbocycles. The highest BCUT2D eigenvalue weighted by atomic mass is 16.6. The molecule has 1 aromatic carbocycles. The van der Waals surface area contributed by atoms with Gasteiger partial charge in [0.1, 0.15) is 6.61 Å². The van der Waals surface area contributed by atoms with Crippen molar-refractivity contribution in [3.05, 3.63) is 48.0 Å². The number of benzene rings is 1. The minimum atomic E-state index is -0.490. The van der Waals surface area contributed by atoms with Gasteiger partial charge >= 0.3 is 6.09 Å². The Kier molecular flexibility index (Phi) is 4.04. The van der Waals surface area contributed by atoms with Crippen molar-refractivity contribution < 1.29 is 14.3 Å². The van der Waals surface area contributed by atoms with Gasteiger partial charge in [0, 0.05) is 5.92 Å². The van der Waals surface area contributed by atoms with Crippen molar-refractivity contribution in [3.63, 3.8) is 0 Å². The summed E-state index contributed by atoms with van der Waals surface area (Å²) in [6.07, 6.45) is 6.73. The number of amides is 2. The van der Waals surface area contributed by atoms with E-state index in [-0.39, 0.29) is 17.9 Å². The molecule has 3 rings (SSSR count). The second-order valence-electron chi connectivity index (χ2n) is 5.61. The fourth-order valence-corrected chi connectivity index (χ4v) is 2.98. The third-order valence-electron chi connectivity index (χ3n) is 4.13. The monoisotopic (exact) mass is 285 g/mol. The molecule has 0 saturated carbocycles. The summed E-state index contributed by atoms with van der Waals surface area (Å²) in [5, 5.41) is 0. The van der Waals surface area contributed by atoms with Gasteiger partial charge in [-0.15, -0.1) is 0 Å². The molecule has 2 atom stereocenters. The van der Waals surface area contributed by atoms with Crippen LogP contribution in [0.2, 0.25) is 0 Å². The third-order valence-corrected chi connectivity index (χ3v) is 4.13. The molecule has 0 spiro atoms. The molecule has 0 unspecified atom stereocenters. The van der Waals surface area contributed by atoms with E-state index >= 15 is 0 Å². The average molecular weight is 285 g/mol. The Bertz CT molecular complexity index is 552. The zero-order valence-corrected chi connectivity index (χ0v) is 11.9. The lowest BCUT2D eigenvalue weighted by molar-refractivity contribution is -0.133. The first-order chi connectivity index (χ1) is 10.3. The number of ether oxygens (including phenoxy) is 1. The van der Waals surface area contributed by atoms with Crippen LogP contribution in [0, 0.1) is 5.92 Å². The van der Waals surface area contributed by atoms with Gasteiger partial charge in [0.25, 0.3) is 0 Å². The van der Waals surface area contributed by atoms with E-state index in [1.54, 1.807) is 0 Å². The normalized spacial score (nSPS) is 25.0. The molecule has 1 saturated heterocycles. The maximum Gasteiger partial charge on any atom is 0.416 e. The van der Waals surface area contributed by atoms with Gasteiger partial charge in [-0.3, -0.25) is 4.79 Å². The highest BCUT2D eigenvalue weighted by molar-refractivity contribution is 5.95. The molecule has 1 aromatic rings. The van der Waals surface area contributed by atoms with Crippen LogP contribution in [0.1, 0.15) is 24.8 Å². The highest BCUT2D eigenvalue weighted by Gasteiger charge is 2.40. The summed E-state index contributed by atoms with van der Waals surface area (Å²) in [6, 6.07) is 9.72. The minimum Gasteiger partial charge on any atom is -0.447 e. The number of hydrogen-bond donors (Lipinski definition) is 0. The standard InChI is InChI=1S/C17H19NO3/c19-16(14-9-5-2-6-10-14)18-15(12-21-17(18)20)11-13-7-3-1-4-8-13/h1-5,7-8,14-15H,6,9-12H2/t14-,15+/m0/s1. The smallest absolute Gasteiger partial charge is 0.416 e. The van der Waals surface area contributed by atoms with E-state index in [4.69, 9.17) is 4.74 Å². The Morgan fingerprint density at radius 3 is 2.76 bits per heavy atom. The first-order valence-corrected chi connectivity index (χ1v) is 7.44. The zero-order chi connectivity index (χ0) is 14.7. The number of allylic oxidation sites excluding steroid dienone is 2. The zero-order valence-electron chi connectivity index (χ0n) is 11.9. The molecule has 0 radical (unpaired) electrons. The summed E-state index contributed by atoms with van der Waals surface area (Å²) in [6.45, 7) is 0.294. The van der Waals surface area contributed by atoms with Crippen molar-refractivity contribution in [2.75, 3.05) is 6.61 Å². The van der Waals surface area contributed by atoms with E-state index in [0.717, 1.165) is 24.8 Å². The van der Waals surface area contributed by atoms with E-state index in [0.29, 0.717) is 13.0 Å². The quantitative estimate of drug-likeness (QED) is 0.802. The highest BCUT2D eigenvalue weighted by Crippen LogP contribution is 2.25. The lowest BCUT2D eigenvalue weighted by Gasteiger charge is -2.25. The fourth-order valence-electron chi connectivity index (χ4n) is 2.98. The molecule has 0 N–H and O–H groups in total. The summed E-state index contributed by atoms with van der Waals surface area (Å²) in [7, 11) is 0. The van der Waals surface area contributed by atoms with Crippen LogP contribution >= 0.6 is 0 Å². The Morgan fingerprint density at radius 2 is 2.05 bits per heavy atom. The van der Waals surface area contributed by atoms with Crippen LogP contribution in [-0.4, -0.2) is 29.5 Å². The number of nitrogens with zero attached hydrogens (tertiary/aromatic N) is 1. The number of carbonyl (C=O) groups excluding carboxylic acids is 2. The Hall–Kier alpha value is -2.10. The van der Waals surface area contributed by atoms with Crippen molar-refractivity contribution in [2.45, 2.75) is 31.7 Å². The molecule has 2 amide bonds. The van der Waals surface area contributed by atoms with Gasteiger partial charge in [-0.25, -0.2) is 9.69 Å². The SMILES string of the molecule is O=C1OC[C@@H](Cc2ccccc2)N1C(=O)[C@H]1CC=CCC1. The van der Waals surface area contributed by atoms with Gasteiger partial charge in [-0.05, 0) is 31.2 Å². The topological polar surface area (TPSA) is 46.6 Å². The van der Waals surface area contributed by atoms with E-state index in [9.17, 15) is 9.59 Å². The largest absolute Gasteiger partial charge is 0.447 e. The van der Waals surface area contributed by atoms with Crippen molar-refractivity contribution in [2.24, 2.45) is 5.92 Å². The van der Waals surface area contributed by atoms with Gasteiger partial charge in [0.2, 0.25) is 5.91 Å². The van der Waals surface area contributed by atoms with E-state index in [1.165, 1.54) is 4.90 Å². The molecule has 4 nitrogen and oxygen atoms in total. The van der Waals surface area contributed by atoms with Crippen LogP contribution < -0.4 is 0 Å². The molecular formula is C17H19NO3. The van der Waals surface area contributed by atoms with Crippen molar-refractivity contribution >= 4 is 12.0 Å². The predicted octanol–water partition coefficient (Wildman–Crippen LogP) is 2.93. The molecule has 4 heteroatoms. The van der Waals surface area contributed by atoms with Crippen LogP contribution in [0.15, 0.2) is 42.5 Å². The van der Waals surface area contributed by atoms with Crippen molar-refractivity contribution in [1.29, 1.82) is 0 Å². The molecule has 1 heterocycles. The van der Waals surface area contributed by atoms with Crippen LogP contribution in [0.4, 0.5) is 4.79 Å². The predicted molar refractivity (Wildman–Crippen MR) is 78.6 cm³/mol. The molecule has 21 heavy (non-hydrogen) atoms.